The molecule has 0 fully saturated rings. The summed E-state index contributed by atoms with van der Waals surface area (Å²) in [6.45, 7) is 2.49. The third-order valence-corrected chi connectivity index (χ3v) is 2.49. The van der Waals surface area contributed by atoms with Crippen LogP contribution in [0.2, 0.25) is 0 Å². The van der Waals surface area contributed by atoms with E-state index in [-0.39, 0.29) is 24.7 Å². The van der Waals surface area contributed by atoms with Gasteiger partial charge < -0.3 is 14.8 Å². The maximum Gasteiger partial charge on any atom is 0.306 e. The predicted octanol–water partition coefficient (Wildman–Crippen LogP) is 1.65. The number of benzene rings is 1. The Morgan fingerprint density at radius 3 is 2.74 bits per heavy atom. The van der Waals surface area contributed by atoms with Crippen molar-refractivity contribution >= 4 is 11.9 Å². The lowest BCUT2D eigenvalue weighted by Gasteiger charge is -2.07. The van der Waals surface area contributed by atoms with Crippen LogP contribution >= 0.6 is 0 Å². The molecule has 0 aliphatic rings. The number of hydrogen-bond donors (Lipinski definition) is 1. The molecule has 0 aromatic heterocycles. The number of hydrogen-bond acceptors (Lipinski definition) is 4. The van der Waals surface area contributed by atoms with Crippen molar-refractivity contribution in [3.63, 3.8) is 0 Å². The average molecular weight is 265 g/mol. The Balaban J connectivity index is 2.31. The Bertz CT molecular complexity index is 431. The maximum atomic E-state index is 11.5. The van der Waals surface area contributed by atoms with Crippen molar-refractivity contribution in [3.05, 3.63) is 29.8 Å². The number of amides is 1. The zero-order valence-corrected chi connectivity index (χ0v) is 11.3. The third kappa shape index (κ3) is 5.90. The van der Waals surface area contributed by atoms with Crippen LogP contribution in [0.25, 0.3) is 0 Å². The van der Waals surface area contributed by atoms with E-state index in [2.05, 4.69) is 5.32 Å². The van der Waals surface area contributed by atoms with Crippen molar-refractivity contribution in [3.8, 4) is 5.75 Å². The van der Waals surface area contributed by atoms with Gasteiger partial charge in [0.15, 0.2) is 0 Å². The second-order valence-corrected chi connectivity index (χ2v) is 3.93. The largest absolute Gasteiger partial charge is 0.497 e. The highest BCUT2D eigenvalue weighted by atomic mass is 16.5. The van der Waals surface area contributed by atoms with Crippen molar-refractivity contribution in [1.29, 1.82) is 0 Å². The van der Waals surface area contributed by atoms with Crippen molar-refractivity contribution in [2.75, 3.05) is 13.7 Å². The van der Waals surface area contributed by atoms with Gasteiger partial charge in [-0.25, -0.2) is 0 Å². The summed E-state index contributed by atoms with van der Waals surface area (Å²) in [7, 11) is 1.59. The van der Waals surface area contributed by atoms with Crippen LogP contribution in [-0.2, 0) is 20.9 Å². The number of rotatable bonds is 7. The number of esters is 1. The normalized spacial score (nSPS) is 9.79. The Kier molecular flexibility index (Phi) is 6.43. The zero-order chi connectivity index (χ0) is 14.1. The van der Waals surface area contributed by atoms with E-state index in [0.717, 1.165) is 11.3 Å². The summed E-state index contributed by atoms with van der Waals surface area (Å²) < 4.78 is 9.84. The minimum Gasteiger partial charge on any atom is -0.497 e. The van der Waals surface area contributed by atoms with Crippen LogP contribution in [0, 0.1) is 0 Å². The lowest BCUT2D eigenvalue weighted by Crippen LogP contribution is -2.23. The summed E-state index contributed by atoms with van der Waals surface area (Å²) in [5.41, 5.74) is 0.948. The molecule has 0 aliphatic heterocycles. The fourth-order valence-electron chi connectivity index (χ4n) is 1.52. The molecular weight excluding hydrogens is 246 g/mol. The molecule has 0 bridgehead atoms. The predicted molar refractivity (Wildman–Crippen MR) is 70.7 cm³/mol. The van der Waals surface area contributed by atoms with Gasteiger partial charge in [-0.1, -0.05) is 12.1 Å². The highest BCUT2D eigenvalue weighted by Gasteiger charge is 2.07. The topological polar surface area (TPSA) is 64.6 Å². The van der Waals surface area contributed by atoms with E-state index in [4.69, 9.17) is 9.47 Å². The quantitative estimate of drug-likeness (QED) is 0.761. The van der Waals surface area contributed by atoms with Gasteiger partial charge in [-0.15, -0.1) is 0 Å². The van der Waals surface area contributed by atoms with Gasteiger partial charge in [0.2, 0.25) is 5.91 Å². The fourth-order valence-corrected chi connectivity index (χ4v) is 1.52. The molecule has 0 aliphatic carbocycles. The lowest BCUT2D eigenvalue weighted by molar-refractivity contribution is -0.144. The monoisotopic (exact) mass is 265 g/mol. The second kappa shape index (κ2) is 8.13. The van der Waals surface area contributed by atoms with Crippen LogP contribution in [0.4, 0.5) is 0 Å². The molecule has 0 spiro atoms. The van der Waals surface area contributed by atoms with Gasteiger partial charge in [-0.05, 0) is 24.6 Å². The molecule has 5 nitrogen and oxygen atoms in total. The Morgan fingerprint density at radius 1 is 1.26 bits per heavy atom. The van der Waals surface area contributed by atoms with Crippen LogP contribution in [0.3, 0.4) is 0 Å². The highest BCUT2D eigenvalue weighted by molar-refractivity contribution is 5.81. The van der Waals surface area contributed by atoms with Crippen LogP contribution in [0.15, 0.2) is 24.3 Å². The molecule has 1 aromatic rings. The van der Waals surface area contributed by atoms with Gasteiger partial charge >= 0.3 is 5.97 Å². The first-order valence-corrected chi connectivity index (χ1v) is 6.21. The minimum absolute atomic E-state index is 0.109. The summed E-state index contributed by atoms with van der Waals surface area (Å²) in [5, 5.41) is 2.75. The van der Waals surface area contributed by atoms with Gasteiger partial charge in [0, 0.05) is 13.0 Å². The van der Waals surface area contributed by atoms with E-state index in [1.807, 2.05) is 24.3 Å². The standard InChI is InChI=1S/C14H19NO4/c1-3-19-14(17)8-7-13(16)15-10-11-5-4-6-12(9-11)18-2/h4-6,9H,3,7-8,10H2,1-2H3,(H,15,16). The van der Waals surface area contributed by atoms with Crippen molar-refractivity contribution in [2.24, 2.45) is 0 Å². The molecule has 1 N–H and O–H groups in total. The molecule has 0 saturated heterocycles. The number of nitrogens with one attached hydrogen (secondary N) is 1. The van der Waals surface area contributed by atoms with E-state index < -0.39 is 0 Å². The summed E-state index contributed by atoms with van der Waals surface area (Å²) in [5.74, 6) is 0.230. The SMILES string of the molecule is CCOC(=O)CCC(=O)NCc1cccc(OC)c1. The second-order valence-electron chi connectivity index (χ2n) is 3.93. The van der Waals surface area contributed by atoms with Gasteiger partial charge in [-0.2, -0.15) is 0 Å². The van der Waals surface area contributed by atoms with Crippen LogP contribution < -0.4 is 10.1 Å². The first-order chi connectivity index (χ1) is 9.15. The van der Waals surface area contributed by atoms with E-state index in [9.17, 15) is 9.59 Å². The van der Waals surface area contributed by atoms with Crippen LogP contribution in [0.1, 0.15) is 25.3 Å². The molecule has 1 aromatic carbocycles. The highest BCUT2D eigenvalue weighted by Crippen LogP contribution is 2.12. The number of ether oxygens (including phenoxy) is 2. The summed E-state index contributed by atoms with van der Waals surface area (Å²) in [6.07, 6.45) is 0.251. The maximum absolute atomic E-state index is 11.5. The molecule has 0 radical (unpaired) electrons. The van der Waals surface area contributed by atoms with Crippen molar-refractivity contribution in [2.45, 2.75) is 26.3 Å². The van der Waals surface area contributed by atoms with Gasteiger partial charge in [0.25, 0.3) is 0 Å². The van der Waals surface area contributed by atoms with Gasteiger partial charge in [-0.3, -0.25) is 9.59 Å². The smallest absolute Gasteiger partial charge is 0.306 e. The molecule has 0 unspecified atom stereocenters. The molecular formula is C14H19NO4. The van der Waals surface area contributed by atoms with Gasteiger partial charge in [0.1, 0.15) is 5.75 Å². The fraction of sp³-hybridized carbons (Fsp3) is 0.429. The Morgan fingerprint density at radius 2 is 2.05 bits per heavy atom. The Labute approximate surface area is 112 Å². The van der Waals surface area contributed by atoms with Gasteiger partial charge in [0.05, 0.1) is 20.1 Å². The molecule has 19 heavy (non-hydrogen) atoms. The summed E-state index contributed by atoms with van der Waals surface area (Å²) >= 11 is 0. The Hall–Kier alpha value is -2.04. The molecule has 1 amide bonds. The van der Waals surface area contributed by atoms with Crippen molar-refractivity contribution in [1.82, 2.24) is 5.32 Å². The van der Waals surface area contributed by atoms with E-state index in [1.54, 1.807) is 14.0 Å². The summed E-state index contributed by atoms with van der Waals surface area (Å²) in [6, 6.07) is 7.45. The molecule has 104 valence electrons. The van der Waals surface area contributed by atoms with E-state index >= 15 is 0 Å². The van der Waals surface area contributed by atoms with Crippen LogP contribution in [-0.4, -0.2) is 25.6 Å². The average Bonchev–Trinajstić information content (AvgIpc) is 2.43. The minimum atomic E-state index is -0.348. The molecule has 1 rings (SSSR count). The molecule has 0 atom stereocenters. The van der Waals surface area contributed by atoms with E-state index in [0.29, 0.717) is 13.2 Å². The van der Waals surface area contributed by atoms with E-state index in [1.165, 1.54) is 0 Å². The number of carbonyl (C=O) groups excluding carboxylic acids is 2. The first kappa shape index (κ1) is 15.0. The molecule has 5 heteroatoms. The molecule has 0 saturated carbocycles. The lowest BCUT2D eigenvalue weighted by atomic mass is 10.2. The van der Waals surface area contributed by atoms with Crippen molar-refractivity contribution < 1.29 is 19.1 Å². The number of carbonyl (C=O) groups is 2. The summed E-state index contributed by atoms with van der Waals surface area (Å²) in [4.78, 5) is 22.6. The molecule has 0 heterocycles. The number of methoxy groups -OCH3 is 1. The third-order valence-electron chi connectivity index (χ3n) is 2.49. The zero-order valence-electron chi connectivity index (χ0n) is 11.3. The first-order valence-electron chi connectivity index (χ1n) is 6.21. The van der Waals surface area contributed by atoms with Crippen LogP contribution in [0.5, 0.6) is 5.75 Å².